The highest BCUT2D eigenvalue weighted by molar-refractivity contribution is 7.89. The van der Waals surface area contributed by atoms with Crippen molar-refractivity contribution in [1.29, 1.82) is 0 Å². The number of fused-ring (bicyclic) bond motifs is 1. The molecule has 1 N–H and O–H groups in total. The van der Waals surface area contributed by atoms with Gasteiger partial charge in [-0.2, -0.15) is 4.31 Å². The zero-order valence-electron chi connectivity index (χ0n) is 18.4. The van der Waals surface area contributed by atoms with Crippen LogP contribution < -0.4 is 5.32 Å². The van der Waals surface area contributed by atoms with Gasteiger partial charge in [-0.25, -0.2) is 13.4 Å². The predicted octanol–water partition coefficient (Wildman–Crippen LogP) is 5.22. The summed E-state index contributed by atoms with van der Waals surface area (Å²) in [6, 6.07) is 19.1. The largest absolute Gasteiger partial charge is 0.322 e. The number of rotatable bonds is 7. The molecule has 0 aliphatic carbocycles. The van der Waals surface area contributed by atoms with Crippen LogP contribution in [0.3, 0.4) is 0 Å². The van der Waals surface area contributed by atoms with Gasteiger partial charge in [0.05, 0.1) is 21.7 Å². The Hall–Kier alpha value is -3.62. The van der Waals surface area contributed by atoms with E-state index in [0.717, 1.165) is 10.9 Å². The number of amides is 1. The second-order valence-corrected chi connectivity index (χ2v) is 9.32. The molecular formula is C26H28N4O3S. The highest BCUT2D eigenvalue weighted by Gasteiger charge is 2.21. The van der Waals surface area contributed by atoms with E-state index in [-0.39, 0.29) is 18.2 Å². The van der Waals surface area contributed by atoms with Gasteiger partial charge in [-0.1, -0.05) is 39.5 Å². The average Bonchev–Trinajstić information content (AvgIpc) is 2.84. The van der Waals surface area contributed by atoms with Gasteiger partial charge >= 0.3 is 0 Å². The van der Waals surface area contributed by atoms with Crippen LogP contribution in [0.2, 0.25) is 0 Å². The van der Waals surface area contributed by atoms with Gasteiger partial charge in [0.25, 0.3) is 5.91 Å². The number of hydrogen-bond donors (Lipinski definition) is 1. The molecule has 1 amide bonds. The van der Waals surface area contributed by atoms with Crippen molar-refractivity contribution < 1.29 is 13.2 Å². The molecule has 2 aromatic carbocycles. The number of carbonyl (C=O) groups excluding carboxylic acids is 1. The maximum absolute atomic E-state index is 13.2. The fraction of sp³-hybridized carbons (Fsp3) is 0.192. The Morgan fingerprint density at radius 3 is 2.32 bits per heavy atom. The summed E-state index contributed by atoms with van der Waals surface area (Å²) in [5.41, 5.74) is 3.13. The Balaban J connectivity index is 0.00000324. The first-order valence-electron chi connectivity index (χ1n) is 10.7. The highest BCUT2D eigenvalue weighted by Crippen LogP contribution is 2.26. The first kappa shape index (κ1) is 25.0. The van der Waals surface area contributed by atoms with Gasteiger partial charge in [0.2, 0.25) is 10.0 Å². The van der Waals surface area contributed by atoms with Crippen LogP contribution in [0.1, 0.15) is 31.6 Å². The molecule has 0 bridgehead atoms. The normalized spacial score (nSPS) is 11.3. The van der Waals surface area contributed by atoms with Gasteiger partial charge in [0, 0.05) is 42.1 Å². The first-order valence-corrected chi connectivity index (χ1v) is 12.1. The minimum atomic E-state index is -3.56. The summed E-state index contributed by atoms with van der Waals surface area (Å²) in [6.45, 7) is 4.39. The van der Waals surface area contributed by atoms with Crippen LogP contribution in [0, 0.1) is 0 Å². The molecule has 0 atom stereocenters. The van der Waals surface area contributed by atoms with Gasteiger partial charge in [-0.3, -0.25) is 9.78 Å². The van der Waals surface area contributed by atoms with Crippen LogP contribution in [0.5, 0.6) is 0 Å². The molecule has 0 spiro atoms. The van der Waals surface area contributed by atoms with Crippen molar-refractivity contribution in [2.24, 2.45) is 0 Å². The summed E-state index contributed by atoms with van der Waals surface area (Å²) < 4.78 is 26.8. The first-order chi connectivity index (χ1) is 15.9. The van der Waals surface area contributed by atoms with E-state index in [4.69, 9.17) is 0 Å². The second kappa shape index (κ2) is 10.5. The molecule has 2 aromatic heterocycles. The zero-order chi connectivity index (χ0) is 23.4. The SMILES string of the molecule is C.CCN(CC)S(=O)(=O)c1ccc(NC(=O)c2cc(-c3cccnc3)nc3ccccc23)cc1. The number of pyridine rings is 2. The molecule has 4 aromatic rings. The van der Waals surface area contributed by atoms with Gasteiger partial charge in [-0.05, 0) is 48.5 Å². The summed E-state index contributed by atoms with van der Waals surface area (Å²) >= 11 is 0. The minimum absolute atomic E-state index is 0. The van der Waals surface area contributed by atoms with Crippen molar-refractivity contribution >= 4 is 32.5 Å². The molecule has 0 saturated carbocycles. The van der Waals surface area contributed by atoms with Gasteiger partial charge in [-0.15, -0.1) is 0 Å². The van der Waals surface area contributed by atoms with Crippen molar-refractivity contribution in [3.63, 3.8) is 0 Å². The monoisotopic (exact) mass is 476 g/mol. The van der Waals surface area contributed by atoms with Crippen molar-refractivity contribution in [3.8, 4) is 11.3 Å². The van der Waals surface area contributed by atoms with Crippen molar-refractivity contribution in [2.75, 3.05) is 18.4 Å². The maximum atomic E-state index is 13.2. The lowest BCUT2D eigenvalue weighted by Crippen LogP contribution is -2.30. The van der Waals surface area contributed by atoms with E-state index in [1.165, 1.54) is 16.4 Å². The number of hydrogen-bond acceptors (Lipinski definition) is 5. The molecule has 0 unspecified atom stereocenters. The summed E-state index contributed by atoms with van der Waals surface area (Å²) in [5.74, 6) is -0.307. The van der Waals surface area contributed by atoms with E-state index in [0.29, 0.717) is 35.6 Å². The number of para-hydroxylation sites is 1. The Labute approximate surface area is 200 Å². The lowest BCUT2D eigenvalue weighted by atomic mass is 10.0. The topological polar surface area (TPSA) is 92.3 Å². The van der Waals surface area contributed by atoms with Gasteiger partial charge < -0.3 is 5.32 Å². The molecule has 0 saturated heterocycles. The predicted molar refractivity (Wildman–Crippen MR) is 136 cm³/mol. The molecule has 7 nitrogen and oxygen atoms in total. The third kappa shape index (κ3) is 4.98. The Morgan fingerprint density at radius 1 is 0.971 bits per heavy atom. The van der Waals surface area contributed by atoms with Gasteiger partial charge in [0.15, 0.2) is 0 Å². The summed E-state index contributed by atoms with van der Waals surface area (Å²) in [4.78, 5) is 22.2. The smallest absolute Gasteiger partial charge is 0.256 e. The molecule has 2 heterocycles. The number of sulfonamides is 1. The van der Waals surface area contributed by atoms with E-state index < -0.39 is 10.0 Å². The van der Waals surface area contributed by atoms with Crippen LogP contribution in [0.25, 0.3) is 22.2 Å². The molecule has 0 radical (unpaired) electrons. The van der Waals surface area contributed by atoms with Gasteiger partial charge in [0.1, 0.15) is 0 Å². The number of nitrogens with one attached hydrogen (secondary N) is 1. The van der Waals surface area contributed by atoms with Crippen LogP contribution in [0.4, 0.5) is 5.69 Å². The third-order valence-corrected chi connectivity index (χ3v) is 7.44. The third-order valence-electron chi connectivity index (χ3n) is 5.37. The lowest BCUT2D eigenvalue weighted by Gasteiger charge is -2.18. The molecule has 0 aliphatic heterocycles. The number of nitrogens with zero attached hydrogens (tertiary/aromatic N) is 3. The van der Waals surface area contributed by atoms with Crippen LogP contribution in [0.15, 0.2) is 84.0 Å². The van der Waals surface area contributed by atoms with E-state index in [1.807, 2.05) is 36.4 Å². The average molecular weight is 477 g/mol. The Bertz CT molecular complexity index is 1390. The second-order valence-electron chi connectivity index (χ2n) is 7.38. The van der Waals surface area contributed by atoms with Crippen molar-refractivity contribution in [3.05, 3.63) is 84.7 Å². The fourth-order valence-corrected chi connectivity index (χ4v) is 5.10. The summed E-state index contributed by atoms with van der Waals surface area (Å²) in [7, 11) is -3.56. The standard InChI is InChI=1S/C25H24N4O3S.CH4/c1-3-29(4-2)33(31,32)20-13-11-19(12-14-20)27-25(30)22-16-24(18-8-7-15-26-17-18)28-23-10-6-5-9-21(22)23;/h5-17H,3-4H2,1-2H3,(H,27,30);1H4. The van der Waals surface area contributed by atoms with Crippen LogP contribution >= 0.6 is 0 Å². The molecule has 34 heavy (non-hydrogen) atoms. The quantitative estimate of drug-likeness (QED) is 0.395. The molecular weight excluding hydrogens is 448 g/mol. The Kier molecular flexibility index (Phi) is 7.75. The maximum Gasteiger partial charge on any atom is 0.256 e. The Morgan fingerprint density at radius 2 is 1.68 bits per heavy atom. The summed E-state index contributed by atoms with van der Waals surface area (Å²) in [6.07, 6.45) is 3.39. The lowest BCUT2D eigenvalue weighted by molar-refractivity contribution is 0.102. The number of anilines is 1. The zero-order valence-corrected chi connectivity index (χ0v) is 19.2. The fourth-order valence-electron chi connectivity index (χ4n) is 3.65. The van der Waals surface area contributed by atoms with Crippen LogP contribution in [-0.4, -0.2) is 41.7 Å². The summed E-state index contributed by atoms with van der Waals surface area (Å²) in [5, 5.41) is 3.60. The molecule has 8 heteroatoms. The highest BCUT2D eigenvalue weighted by atomic mass is 32.2. The molecule has 0 fully saturated rings. The molecule has 0 aliphatic rings. The molecule has 176 valence electrons. The van der Waals surface area contributed by atoms with Crippen molar-refractivity contribution in [1.82, 2.24) is 14.3 Å². The van der Waals surface area contributed by atoms with E-state index in [9.17, 15) is 13.2 Å². The van der Waals surface area contributed by atoms with Crippen molar-refractivity contribution in [2.45, 2.75) is 26.2 Å². The molecule has 4 rings (SSSR count). The van der Waals surface area contributed by atoms with E-state index in [2.05, 4.69) is 15.3 Å². The van der Waals surface area contributed by atoms with E-state index in [1.54, 1.807) is 44.4 Å². The minimum Gasteiger partial charge on any atom is -0.322 e. The van der Waals surface area contributed by atoms with Crippen LogP contribution in [-0.2, 0) is 10.0 Å². The number of carbonyl (C=O) groups is 1. The number of benzene rings is 2. The van der Waals surface area contributed by atoms with E-state index >= 15 is 0 Å². The number of aromatic nitrogens is 2.